The molecule has 0 amide bonds. The van der Waals surface area contributed by atoms with Gasteiger partial charge in [0.2, 0.25) is 0 Å². The van der Waals surface area contributed by atoms with Crippen molar-refractivity contribution < 1.29 is 32.9 Å². The van der Waals surface area contributed by atoms with E-state index >= 15 is 0 Å². The molecule has 9 heteroatoms. The molecular weight excluding hydrogens is 525 g/mol. The standard InChI is InChI=1S/C30H42FNO6.ClH/c1-20(2)29-25-10-9-23(31)18-22(25)8-12-27(29)38-30(33)37-19-24(34-4)14-16-32(3)15-13-21-7-11-26(35-5)28(17-21)36-6;/h7,9-11,17-18,20,24,27,29H,8,12-16,19H2,1-6H3;1H/t24?,27-,29+;/m1./s1. The number of likely N-dealkylation sites (N-methyl/N-ethyl adjacent to an activating group) is 1. The van der Waals surface area contributed by atoms with Gasteiger partial charge in [-0.2, -0.15) is 0 Å². The van der Waals surface area contributed by atoms with E-state index in [1.54, 1.807) is 27.4 Å². The van der Waals surface area contributed by atoms with Gasteiger partial charge in [0.25, 0.3) is 0 Å². The number of carbonyl (C=O) groups excluding carboxylic acids is 1. The summed E-state index contributed by atoms with van der Waals surface area (Å²) >= 11 is 0. The molecule has 39 heavy (non-hydrogen) atoms. The lowest BCUT2D eigenvalue weighted by Crippen LogP contribution is -2.34. The zero-order valence-corrected chi connectivity index (χ0v) is 24.7. The number of methoxy groups -OCH3 is 3. The molecule has 1 unspecified atom stereocenters. The van der Waals surface area contributed by atoms with Gasteiger partial charge < -0.3 is 28.6 Å². The van der Waals surface area contributed by atoms with Gasteiger partial charge in [-0.3, -0.25) is 0 Å². The SMILES string of the molecule is COc1ccc(CCN(C)CCC(COC(=O)O[C@@H]2CCc3cc(F)ccc3[C@@H]2C(C)C)OC)cc1OC.Cl. The van der Waals surface area contributed by atoms with Crippen molar-refractivity contribution in [3.63, 3.8) is 0 Å². The Kier molecular flexibility index (Phi) is 13.3. The summed E-state index contributed by atoms with van der Waals surface area (Å²) < 4.78 is 41.1. The van der Waals surface area contributed by atoms with Crippen molar-refractivity contribution in [2.75, 3.05) is 48.1 Å². The molecule has 2 aromatic rings. The number of fused-ring (bicyclic) bond motifs is 1. The van der Waals surface area contributed by atoms with Crippen molar-refractivity contribution in [1.82, 2.24) is 4.90 Å². The third kappa shape index (κ3) is 9.26. The maximum Gasteiger partial charge on any atom is 0.508 e. The lowest BCUT2D eigenvalue weighted by atomic mass is 9.75. The Hall–Kier alpha value is -2.55. The second-order valence-corrected chi connectivity index (χ2v) is 10.3. The van der Waals surface area contributed by atoms with Crippen LogP contribution >= 0.6 is 12.4 Å². The van der Waals surface area contributed by atoms with Crippen molar-refractivity contribution in [2.24, 2.45) is 5.92 Å². The maximum atomic E-state index is 13.7. The Morgan fingerprint density at radius 1 is 1.05 bits per heavy atom. The quantitative estimate of drug-likeness (QED) is 0.273. The zero-order chi connectivity index (χ0) is 27.7. The highest BCUT2D eigenvalue weighted by Crippen LogP contribution is 2.39. The van der Waals surface area contributed by atoms with Gasteiger partial charge in [0, 0.05) is 26.1 Å². The van der Waals surface area contributed by atoms with E-state index in [9.17, 15) is 9.18 Å². The summed E-state index contributed by atoms with van der Waals surface area (Å²) in [6.07, 6.45) is 1.67. The van der Waals surface area contributed by atoms with E-state index in [1.165, 1.54) is 11.6 Å². The van der Waals surface area contributed by atoms with Gasteiger partial charge in [-0.1, -0.05) is 26.0 Å². The molecule has 3 rings (SSSR count). The van der Waals surface area contributed by atoms with Gasteiger partial charge in [0.05, 0.1) is 20.3 Å². The summed E-state index contributed by atoms with van der Waals surface area (Å²) in [5.41, 5.74) is 3.21. The van der Waals surface area contributed by atoms with Gasteiger partial charge in [-0.25, -0.2) is 9.18 Å². The molecule has 7 nitrogen and oxygen atoms in total. The molecule has 3 atom stereocenters. The van der Waals surface area contributed by atoms with Crippen molar-refractivity contribution in [2.45, 2.75) is 57.7 Å². The van der Waals surface area contributed by atoms with Crippen molar-refractivity contribution >= 4 is 18.6 Å². The van der Waals surface area contributed by atoms with Crippen LogP contribution in [0.3, 0.4) is 0 Å². The second kappa shape index (κ2) is 15.9. The smallest absolute Gasteiger partial charge is 0.493 e. The molecular formula is C30H43ClFNO6. The largest absolute Gasteiger partial charge is 0.508 e. The van der Waals surface area contributed by atoms with E-state index in [0.29, 0.717) is 19.3 Å². The normalized spacial score (nSPS) is 17.3. The number of halogens is 2. The molecule has 0 aliphatic heterocycles. The van der Waals surface area contributed by atoms with Gasteiger partial charge in [-0.15, -0.1) is 12.4 Å². The second-order valence-electron chi connectivity index (χ2n) is 10.3. The summed E-state index contributed by atoms with van der Waals surface area (Å²) in [6, 6.07) is 10.8. The van der Waals surface area contributed by atoms with E-state index < -0.39 is 6.16 Å². The highest BCUT2D eigenvalue weighted by molar-refractivity contribution is 5.85. The van der Waals surface area contributed by atoms with Crippen molar-refractivity contribution in [3.8, 4) is 11.5 Å². The van der Waals surface area contributed by atoms with E-state index in [0.717, 1.165) is 42.1 Å². The van der Waals surface area contributed by atoms with Crippen LogP contribution in [0.2, 0.25) is 0 Å². The Morgan fingerprint density at radius 2 is 1.79 bits per heavy atom. The molecule has 0 saturated carbocycles. The van der Waals surface area contributed by atoms with Crippen LogP contribution in [0.4, 0.5) is 9.18 Å². The Bertz CT molecular complexity index is 1050. The molecule has 0 aromatic heterocycles. The summed E-state index contributed by atoms with van der Waals surface area (Å²) in [6.45, 7) is 5.95. The molecule has 0 bridgehead atoms. The summed E-state index contributed by atoms with van der Waals surface area (Å²) in [5, 5.41) is 0. The molecule has 0 spiro atoms. The molecule has 0 saturated heterocycles. The zero-order valence-electron chi connectivity index (χ0n) is 23.9. The van der Waals surface area contributed by atoms with Gasteiger partial charge in [0.1, 0.15) is 18.5 Å². The molecule has 1 aliphatic rings. The summed E-state index contributed by atoms with van der Waals surface area (Å²) in [4.78, 5) is 14.8. The van der Waals surface area contributed by atoms with E-state index in [-0.39, 0.29) is 48.9 Å². The fourth-order valence-corrected chi connectivity index (χ4v) is 5.13. The van der Waals surface area contributed by atoms with Gasteiger partial charge in [0.15, 0.2) is 11.5 Å². The van der Waals surface area contributed by atoms with Gasteiger partial charge in [-0.05, 0) is 79.6 Å². The average molecular weight is 568 g/mol. The fourth-order valence-electron chi connectivity index (χ4n) is 5.13. The highest BCUT2D eigenvalue weighted by atomic mass is 35.5. The first-order chi connectivity index (χ1) is 18.2. The van der Waals surface area contributed by atoms with E-state index in [4.69, 9.17) is 23.7 Å². The van der Waals surface area contributed by atoms with Crippen LogP contribution in [-0.2, 0) is 27.1 Å². The molecule has 0 fully saturated rings. The number of ether oxygens (including phenoxy) is 5. The minimum Gasteiger partial charge on any atom is -0.493 e. The maximum absolute atomic E-state index is 13.7. The van der Waals surface area contributed by atoms with E-state index in [2.05, 4.69) is 25.8 Å². The van der Waals surface area contributed by atoms with Crippen LogP contribution in [0.1, 0.15) is 49.3 Å². The lowest BCUT2D eigenvalue weighted by Gasteiger charge is -2.35. The van der Waals surface area contributed by atoms with Crippen LogP contribution in [0, 0.1) is 11.7 Å². The molecule has 0 N–H and O–H groups in total. The molecule has 2 aromatic carbocycles. The number of nitrogens with zero attached hydrogens (tertiary/aromatic N) is 1. The fraction of sp³-hybridized carbons (Fsp3) is 0.567. The average Bonchev–Trinajstić information content (AvgIpc) is 2.91. The highest BCUT2D eigenvalue weighted by Gasteiger charge is 2.35. The predicted molar refractivity (Wildman–Crippen MR) is 152 cm³/mol. The Morgan fingerprint density at radius 3 is 2.46 bits per heavy atom. The number of aryl methyl sites for hydroxylation is 1. The van der Waals surface area contributed by atoms with Crippen LogP contribution < -0.4 is 9.47 Å². The molecule has 1 aliphatic carbocycles. The van der Waals surface area contributed by atoms with Crippen LogP contribution in [0.5, 0.6) is 11.5 Å². The minimum absolute atomic E-state index is 0. The number of benzene rings is 2. The summed E-state index contributed by atoms with van der Waals surface area (Å²) in [5.74, 6) is 1.45. The summed E-state index contributed by atoms with van der Waals surface area (Å²) in [7, 11) is 6.94. The van der Waals surface area contributed by atoms with Crippen molar-refractivity contribution in [1.29, 1.82) is 0 Å². The van der Waals surface area contributed by atoms with Crippen LogP contribution in [0.15, 0.2) is 36.4 Å². The van der Waals surface area contributed by atoms with Crippen molar-refractivity contribution in [3.05, 3.63) is 58.9 Å². The molecule has 0 radical (unpaired) electrons. The first-order valence-corrected chi connectivity index (χ1v) is 13.3. The minimum atomic E-state index is -0.685. The lowest BCUT2D eigenvalue weighted by molar-refractivity contribution is -0.0277. The Balaban J connectivity index is 0.00000533. The third-order valence-electron chi connectivity index (χ3n) is 7.31. The number of rotatable bonds is 13. The first kappa shape index (κ1) is 32.7. The Labute approximate surface area is 238 Å². The number of hydrogen-bond donors (Lipinski definition) is 0. The third-order valence-corrected chi connectivity index (χ3v) is 7.31. The number of hydrogen-bond acceptors (Lipinski definition) is 7. The molecule has 218 valence electrons. The topological polar surface area (TPSA) is 66.5 Å². The predicted octanol–water partition coefficient (Wildman–Crippen LogP) is 6.05. The van der Waals surface area contributed by atoms with E-state index in [1.807, 2.05) is 24.3 Å². The first-order valence-electron chi connectivity index (χ1n) is 13.3. The van der Waals surface area contributed by atoms with Gasteiger partial charge >= 0.3 is 6.16 Å². The van der Waals surface area contributed by atoms with Crippen LogP contribution in [0.25, 0.3) is 0 Å². The molecule has 0 heterocycles. The van der Waals surface area contributed by atoms with Crippen LogP contribution in [-0.4, -0.2) is 71.3 Å². The monoisotopic (exact) mass is 567 g/mol. The number of carbonyl (C=O) groups is 1.